The predicted octanol–water partition coefficient (Wildman–Crippen LogP) is 5.79. The third-order valence-electron chi connectivity index (χ3n) is 4.74. The lowest BCUT2D eigenvalue weighted by Gasteiger charge is -2.20. The summed E-state index contributed by atoms with van der Waals surface area (Å²) < 4.78 is 5.19. The minimum Gasteiger partial charge on any atom is -0.465 e. The molecule has 0 amide bonds. The van der Waals surface area contributed by atoms with E-state index in [9.17, 15) is 9.59 Å². The molecule has 0 aliphatic heterocycles. The monoisotopic (exact) mass is 374 g/mol. The molecule has 0 spiro atoms. The van der Waals surface area contributed by atoms with Crippen molar-refractivity contribution in [2.45, 2.75) is 63.7 Å². The Morgan fingerprint density at radius 2 is 1.96 bits per heavy atom. The van der Waals surface area contributed by atoms with Crippen LogP contribution in [-0.4, -0.2) is 18.4 Å². The number of hydrogen-bond acceptors (Lipinski definition) is 4. The van der Waals surface area contributed by atoms with Crippen molar-refractivity contribution in [2.75, 3.05) is 6.61 Å². The zero-order valence-corrected chi connectivity index (χ0v) is 16.7. The predicted molar refractivity (Wildman–Crippen MR) is 107 cm³/mol. The number of hydrogen-bond donors (Lipinski definition) is 0. The van der Waals surface area contributed by atoms with E-state index in [0.717, 1.165) is 29.1 Å². The van der Waals surface area contributed by atoms with Crippen LogP contribution in [0.15, 0.2) is 46.2 Å². The van der Waals surface area contributed by atoms with E-state index in [1.807, 2.05) is 18.2 Å². The molecule has 3 nitrogen and oxygen atoms in total. The van der Waals surface area contributed by atoms with Crippen molar-refractivity contribution < 1.29 is 14.3 Å². The lowest BCUT2D eigenvalue weighted by Crippen LogP contribution is -2.27. The quantitative estimate of drug-likeness (QED) is 0.225. The Morgan fingerprint density at radius 1 is 1.19 bits per heavy atom. The van der Waals surface area contributed by atoms with Crippen LogP contribution in [0.4, 0.5) is 0 Å². The summed E-state index contributed by atoms with van der Waals surface area (Å²) in [6.45, 7) is 4.31. The van der Waals surface area contributed by atoms with Crippen LogP contribution in [-0.2, 0) is 14.3 Å². The lowest BCUT2D eigenvalue weighted by atomic mass is 9.94. The second-order valence-corrected chi connectivity index (χ2v) is 7.86. The molecule has 142 valence electrons. The van der Waals surface area contributed by atoms with Crippen molar-refractivity contribution in [3.8, 4) is 0 Å². The summed E-state index contributed by atoms with van der Waals surface area (Å²) in [5, 5.41) is 0. The highest BCUT2D eigenvalue weighted by Crippen LogP contribution is 2.43. The topological polar surface area (TPSA) is 43.4 Å². The Kier molecular flexibility index (Phi) is 8.96. The van der Waals surface area contributed by atoms with Crippen LogP contribution in [0.2, 0.25) is 0 Å². The van der Waals surface area contributed by atoms with Crippen molar-refractivity contribution in [3.63, 3.8) is 0 Å². The SMILES string of the molecule is CCCCCC/C=C(/Sc1ccccc1)C1CCC(=O)C1C(=O)OCC. The molecule has 1 fully saturated rings. The summed E-state index contributed by atoms with van der Waals surface area (Å²) in [5.41, 5.74) is 0. The average Bonchev–Trinajstić information content (AvgIpc) is 3.03. The van der Waals surface area contributed by atoms with Gasteiger partial charge in [0, 0.05) is 17.2 Å². The summed E-state index contributed by atoms with van der Waals surface area (Å²) in [7, 11) is 0. The highest BCUT2D eigenvalue weighted by atomic mass is 32.2. The zero-order chi connectivity index (χ0) is 18.8. The molecule has 2 atom stereocenters. The number of rotatable bonds is 10. The highest BCUT2D eigenvalue weighted by Gasteiger charge is 2.42. The molecule has 26 heavy (non-hydrogen) atoms. The van der Waals surface area contributed by atoms with Crippen LogP contribution in [0.5, 0.6) is 0 Å². The standard InChI is InChI=1S/C22H30O3S/c1-3-5-6-7-11-14-20(26-17-12-9-8-10-13-17)18-15-16-19(23)21(18)22(24)25-4-2/h8-10,12-14,18,21H,3-7,11,15-16H2,1-2H3/b20-14+. The van der Waals surface area contributed by atoms with Gasteiger partial charge in [-0.1, -0.05) is 62.2 Å². The van der Waals surface area contributed by atoms with E-state index in [-0.39, 0.29) is 17.7 Å². The van der Waals surface area contributed by atoms with E-state index < -0.39 is 5.92 Å². The van der Waals surface area contributed by atoms with Crippen molar-refractivity contribution in [2.24, 2.45) is 11.8 Å². The van der Waals surface area contributed by atoms with Gasteiger partial charge >= 0.3 is 5.97 Å². The number of allylic oxidation sites excluding steroid dienone is 2. The molecule has 2 rings (SSSR count). The number of carbonyl (C=O) groups excluding carboxylic acids is 2. The van der Waals surface area contributed by atoms with Gasteiger partial charge in [-0.2, -0.15) is 0 Å². The van der Waals surface area contributed by atoms with Gasteiger partial charge in [0.15, 0.2) is 0 Å². The Balaban J connectivity index is 2.16. The number of Topliss-reactive ketones (excluding diaryl/α,β-unsaturated/α-hetero) is 1. The number of esters is 1. The molecule has 2 unspecified atom stereocenters. The molecule has 1 saturated carbocycles. The Labute approximate surface area is 161 Å². The van der Waals surface area contributed by atoms with Crippen LogP contribution in [0.25, 0.3) is 0 Å². The number of ketones is 1. The molecular formula is C22H30O3S. The molecule has 0 N–H and O–H groups in total. The number of carbonyl (C=O) groups is 2. The van der Waals surface area contributed by atoms with Crippen molar-refractivity contribution >= 4 is 23.5 Å². The Bertz CT molecular complexity index is 609. The number of unbranched alkanes of at least 4 members (excludes halogenated alkanes) is 4. The summed E-state index contributed by atoms with van der Waals surface area (Å²) >= 11 is 1.69. The summed E-state index contributed by atoms with van der Waals surface area (Å²) in [4.78, 5) is 27.0. The molecule has 0 aromatic heterocycles. The fourth-order valence-electron chi connectivity index (χ4n) is 3.39. The van der Waals surface area contributed by atoms with Gasteiger partial charge in [-0.3, -0.25) is 9.59 Å². The van der Waals surface area contributed by atoms with Crippen LogP contribution in [0.1, 0.15) is 58.8 Å². The van der Waals surface area contributed by atoms with E-state index in [4.69, 9.17) is 4.74 Å². The van der Waals surface area contributed by atoms with Crippen LogP contribution in [0.3, 0.4) is 0 Å². The molecule has 4 heteroatoms. The molecule has 0 bridgehead atoms. The minimum absolute atomic E-state index is 0.0268. The third kappa shape index (κ3) is 6.01. The Hall–Kier alpha value is -1.55. The maximum absolute atomic E-state index is 12.4. The largest absolute Gasteiger partial charge is 0.465 e. The van der Waals surface area contributed by atoms with Crippen molar-refractivity contribution in [3.05, 3.63) is 41.3 Å². The fraction of sp³-hybridized carbons (Fsp3) is 0.545. The van der Waals surface area contributed by atoms with Crippen molar-refractivity contribution in [1.82, 2.24) is 0 Å². The van der Waals surface area contributed by atoms with Gasteiger partial charge in [0.05, 0.1) is 6.61 Å². The first-order valence-electron chi connectivity index (χ1n) is 9.79. The molecule has 1 aliphatic carbocycles. The maximum Gasteiger partial charge on any atom is 0.317 e. The zero-order valence-electron chi connectivity index (χ0n) is 15.9. The van der Waals surface area contributed by atoms with E-state index in [2.05, 4.69) is 25.1 Å². The molecule has 1 aliphatic rings. The molecular weight excluding hydrogens is 344 g/mol. The molecule has 0 heterocycles. The van der Waals surface area contributed by atoms with Gasteiger partial charge in [-0.05, 0) is 43.2 Å². The van der Waals surface area contributed by atoms with Crippen LogP contribution in [0, 0.1) is 11.8 Å². The maximum atomic E-state index is 12.4. The molecule has 1 aromatic rings. The van der Waals surface area contributed by atoms with Crippen molar-refractivity contribution in [1.29, 1.82) is 0 Å². The highest BCUT2D eigenvalue weighted by molar-refractivity contribution is 8.03. The van der Waals surface area contributed by atoms with E-state index in [1.165, 1.54) is 19.3 Å². The first-order valence-corrected chi connectivity index (χ1v) is 10.6. The second-order valence-electron chi connectivity index (χ2n) is 6.71. The number of thioether (sulfide) groups is 1. The van der Waals surface area contributed by atoms with E-state index >= 15 is 0 Å². The van der Waals surface area contributed by atoms with Gasteiger partial charge in [0.25, 0.3) is 0 Å². The van der Waals surface area contributed by atoms with Gasteiger partial charge < -0.3 is 4.74 Å². The summed E-state index contributed by atoms with van der Waals surface area (Å²) in [5.74, 6) is -1.00. The average molecular weight is 375 g/mol. The summed E-state index contributed by atoms with van der Waals surface area (Å²) in [6, 6.07) is 10.2. The molecule has 0 radical (unpaired) electrons. The van der Waals surface area contributed by atoms with Crippen LogP contribution < -0.4 is 0 Å². The first-order chi connectivity index (χ1) is 12.7. The second kappa shape index (κ2) is 11.2. The van der Waals surface area contributed by atoms with E-state index in [0.29, 0.717) is 13.0 Å². The smallest absolute Gasteiger partial charge is 0.317 e. The normalized spacial score (nSPS) is 20.4. The fourth-order valence-corrected chi connectivity index (χ4v) is 4.56. The molecule has 1 aromatic carbocycles. The minimum atomic E-state index is -0.631. The van der Waals surface area contributed by atoms with Crippen LogP contribution >= 0.6 is 11.8 Å². The van der Waals surface area contributed by atoms with Gasteiger partial charge in [-0.15, -0.1) is 0 Å². The van der Waals surface area contributed by atoms with Gasteiger partial charge in [0.1, 0.15) is 11.7 Å². The number of benzene rings is 1. The number of ether oxygens (including phenoxy) is 1. The van der Waals surface area contributed by atoms with E-state index in [1.54, 1.807) is 18.7 Å². The first kappa shape index (κ1) is 20.8. The third-order valence-corrected chi connectivity index (χ3v) is 5.95. The van der Waals surface area contributed by atoms with Gasteiger partial charge in [-0.25, -0.2) is 0 Å². The summed E-state index contributed by atoms with van der Waals surface area (Å²) in [6.07, 6.45) is 9.30. The van der Waals surface area contributed by atoms with Gasteiger partial charge in [0.2, 0.25) is 0 Å². The molecule has 0 saturated heterocycles. The lowest BCUT2D eigenvalue weighted by molar-refractivity contribution is -0.151. The Morgan fingerprint density at radius 3 is 2.65 bits per heavy atom.